The molecule has 4 rings (SSSR count). The van der Waals surface area contributed by atoms with Gasteiger partial charge in [0.25, 0.3) is 0 Å². The standard InChI is InChI=1S/C25H26N6O/c1-18-8-10-20(11-9-18)14-15-26-24(21-6-4-3-5-7-21)25(32)28-23-13-12-22(16-27-23)31-17-19(2)29-30-31/h3-13,16-17,24,26H,14-15H2,1-2H3,(H,27,28,32)/t24-/m0/s1. The van der Waals surface area contributed by atoms with Gasteiger partial charge in [-0.25, -0.2) is 9.67 Å². The first-order valence-electron chi connectivity index (χ1n) is 10.6. The van der Waals surface area contributed by atoms with Gasteiger partial charge in [-0.2, -0.15) is 0 Å². The summed E-state index contributed by atoms with van der Waals surface area (Å²) in [6.45, 7) is 4.63. The van der Waals surface area contributed by atoms with Crippen molar-refractivity contribution in [3.63, 3.8) is 0 Å². The number of aryl methyl sites for hydroxylation is 2. The Morgan fingerprint density at radius 1 is 1.00 bits per heavy atom. The zero-order valence-electron chi connectivity index (χ0n) is 18.2. The predicted octanol–water partition coefficient (Wildman–Crippen LogP) is 3.79. The lowest BCUT2D eigenvalue weighted by Gasteiger charge is -2.19. The number of aromatic nitrogens is 4. The molecule has 1 atom stereocenters. The van der Waals surface area contributed by atoms with E-state index in [1.165, 1.54) is 11.1 Å². The Morgan fingerprint density at radius 2 is 1.78 bits per heavy atom. The molecule has 0 fully saturated rings. The van der Waals surface area contributed by atoms with Gasteiger partial charge >= 0.3 is 0 Å². The highest BCUT2D eigenvalue weighted by molar-refractivity contribution is 5.94. The van der Waals surface area contributed by atoms with E-state index in [-0.39, 0.29) is 5.91 Å². The van der Waals surface area contributed by atoms with E-state index in [0.717, 1.165) is 23.4 Å². The quantitative estimate of drug-likeness (QED) is 0.448. The smallest absolute Gasteiger partial charge is 0.247 e. The highest BCUT2D eigenvalue weighted by Crippen LogP contribution is 2.16. The summed E-state index contributed by atoms with van der Waals surface area (Å²) in [5.74, 6) is 0.328. The maximum Gasteiger partial charge on any atom is 0.247 e. The highest BCUT2D eigenvalue weighted by atomic mass is 16.2. The summed E-state index contributed by atoms with van der Waals surface area (Å²) in [6.07, 6.45) is 4.31. The first-order chi connectivity index (χ1) is 15.6. The Hall–Kier alpha value is -3.84. The second-order valence-corrected chi connectivity index (χ2v) is 7.73. The lowest BCUT2D eigenvalue weighted by Crippen LogP contribution is -2.34. The van der Waals surface area contributed by atoms with Gasteiger partial charge in [-0.05, 0) is 43.5 Å². The van der Waals surface area contributed by atoms with Gasteiger partial charge in [-0.3, -0.25) is 4.79 Å². The summed E-state index contributed by atoms with van der Waals surface area (Å²) < 4.78 is 1.65. The van der Waals surface area contributed by atoms with Gasteiger partial charge < -0.3 is 10.6 Å². The molecule has 0 saturated carbocycles. The minimum atomic E-state index is -0.485. The Balaban J connectivity index is 1.43. The van der Waals surface area contributed by atoms with E-state index in [4.69, 9.17) is 0 Å². The van der Waals surface area contributed by atoms with Crippen LogP contribution in [0.2, 0.25) is 0 Å². The molecule has 0 aliphatic carbocycles. The summed E-state index contributed by atoms with van der Waals surface area (Å²) in [7, 11) is 0. The molecule has 7 nitrogen and oxygen atoms in total. The summed E-state index contributed by atoms with van der Waals surface area (Å²) in [6, 6.07) is 21.3. The van der Waals surface area contributed by atoms with Gasteiger partial charge in [0.05, 0.1) is 23.8 Å². The molecule has 2 aromatic carbocycles. The van der Waals surface area contributed by atoms with E-state index in [2.05, 4.69) is 57.1 Å². The van der Waals surface area contributed by atoms with Crippen LogP contribution in [0.25, 0.3) is 5.69 Å². The number of carbonyl (C=O) groups excluding carboxylic acids is 1. The van der Waals surface area contributed by atoms with Crippen LogP contribution < -0.4 is 10.6 Å². The summed E-state index contributed by atoms with van der Waals surface area (Å²) in [5, 5.41) is 14.3. The Morgan fingerprint density at radius 3 is 2.44 bits per heavy atom. The average Bonchev–Trinajstić information content (AvgIpc) is 3.25. The third-order valence-corrected chi connectivity index (χ3v) is 5.15. The van der Waals surface area contributed by atoms with Crippen LogP contribution >= 0.6 is 0 Å². The van der Waals surface area contributed by atoms with E-state index < -0.39 is 6.04 Å². The molecule has 0 spiro atoms. The number of hydrogen-bond donors (Lipinski definition) is 2. The van der Waals surface area contributed by atoms with Gasteiger partial charge in [0.15, 0.2) is 0 Å². The second kappa shape index (κ2) is 9.98. The van der Waals surface area contributed by atoms with E-state index in [1.807, 2.05) is 49.5 Å². The minimum absolute atomic E-state index is 0.156. The third kappa shape index (κ3) is 5.44. The molecule has 7 heteroatoms. The number of hydrogen-bond acceptors (Lipinski definition) is 5. The molecule has 0 bridgehead atoms. The van der Waals surface area contributed by atoms with Crippen LogP contribution in [0.4, 0.5) is 5.82 Å². The van der Waals surface area contributed by atoms with Crippen LogP contribution in [-0.2, 0) is 11.2 Å². The number of anilines is 1. The van der Waals surface area contributed by atoms with Crippen molar-refractivity contribution in [3.05, 3.63) is 102 Å². The first kappa shape index (κ1) is 21.4. The molecule has 2 heterocycles. The Labute approximate surface area is 187 Å². The van der Waals surface area contributed by atoms with E-state index >= 15 is 0 Å². The summed E-state index contributed by atoms with van der Waals surface area (Å²) >= 11 is 0. The molecule has 1 amide bonds. The number of rotatable bonds is 8. The number of pyridine rings is 1. The van der Waals surface area contributed by atoms with Crippen molar-refractivity contribution in [1.82, 2.24) is 25.3 Å². The van der Waals surface area contributed by atoms with Crippen molar-refractivity contribution in [2.75, 3.05) is 11.9 Å². The monoisotopic (exact) mass is 426 g/mol. The van der Waals surface area contributed by atoms with Gasteiger partial charge in [-0.1, -0.05) is 65.4 Å². The fraction of sp³-hybridized carbons (Fsp3) is 0.200. The normalized spacial score (nSPS) is 11.8. The van der Waals surface area contributed by atoms with E-state index in [1.54, 1.807) is 16.9 Å². The van der Waals surface area contributed by atoms with E-state index in [0.29, 0.717) is 12.4 Å². The molecule has 4 aromatic rings. The van der Waals surface area contributed by atoms with Crippen LogP contribution in [-0.4, -0.2) is 32.4 Å². The van der Waals surface area contributed by atoms with Crippen molar-refractivity contribution >= 4 is 11.7 Å². The zero-order chi connectivity index (χ0) is 22.3. The summed E-state index contributed by atoms with van der Waals surface area (Å²) in [5.41, 5.74) is 4.98. The van der Waals surface area contributed by atoms with Crippen molar-refractivity contribution in [1.29, 1.82) is 0 Å². The van der Waals surface area contributed by atoms with Gasteiger partial charge in [0.2, 0.25) is 5.91 Å². The van der Waals surface area contributed by atoms with Crippen molar-refractivity contribution in [2.45, 2.75) is 26.3 Å². The zero-order valence-corrected chi connectivity index (χ0v) is 18.2. The fourth-order valence-corrected chi connectivity index (χ4v) is 3.39. The molecule has 162 valence electrons. The maximum atomic E-state index is 13.1. The van der Waals surface area contributed by atoms with Crippen LogP contribution in [0.15, 0.2) is 79.1 Å². The Bertz CT molecular complexity index is 1150. The molecule has 0 aliphatic rings. The SMILES string of the molecule is Cc1ccc(CCN[C@H](C(=O)Nc2ccc(-n3cc(C)nn3)cn2)c2ccccc2)cc1. The number of carbonyl (C=O) groups is 1. The molecule has 32 heavy (non-hydrogen) atoms. The fourth-order valence-electron chi connectivity index (χ4n) is 3.39. The van der Waals surface area contributed by atoms with Crippen LogP contribution in [0.1, 0.15) is 28.4 Å². The van der Waals surface area contributed by atoms with Crippen molar-refractivity contribution < 1.29 is 4.79 Å². The van der Waals surface area contributed by atoms with Gasteiger partial charge in [0, 0.05) is 6.54 Å². The van der Waals surface area contributed by atoms with Crippen LogP contribution in [0.5, 0.6) is 0 Å². The molecule has 0 aliphatic heterocycles. The molecule has 2 N–H and O–H groups in total. The second-order valence-electron chi connectivity index (χ2n) is 7.73. The Kier molecular flexibility index (Phi) is 6.67. The average molecular weight is 427 g/mol. The van der Waals surface area contributed by atoms with Gasteiger partial charge in [0.1, 0.15) is 11.9 Å². The summed E-state index contributed by atoms with van der Waals surface area (Å²) in [4.78, 5) is 17.5. The van der Waals surface area contributed by atoms with Crippen molar-refractivity contribution in [3.8, 4) is 5.69 Å². The van der Waals surface area contributed by atoms with Crippen molar-refractivity contribution in [2.24, 2.45) is 0 Å². The lowest BCUT2D eigenvalue weighted by molar-refractivity contribution is -0.118. The molecule has 0 unspecified atom stereocenters. The third-order valence-electron chi connectivity index (χ3n) is 5.15. The molecule has 2 aromatic heterocycles. The number of nitrogens with one attached hydrogen (secondary N) is 2. The molecular formula is C25H26N6O. The van der Waals surface area contributed by atoms with E-state index in [9.17, 15) is 4.79 Å². The number of amides is 1. The minimum Gasteiger partial charge on any atom is -0.309 e. The number of benzene rings is 2. The van der Waals surface area contributed by atoms with Crippen LogP contribution in [0, 0.1) is 13.8 Å². The van der Waals surface area contributed by atoms with Crippen LogP contribution in [0.3, 0.4) is 0 Å². The molecular weight excluding hydrogens is 400 g/mol. The number of nitrogens with zero attached hydrogens (tertiary/aromatic N) is 4. The first-order valence-corrected chi connectivity index (χ1v) is 10.6. The predicted molar refractivity (Wildman–Crippen MR) is 125 cm³/mol. The molecule has 0 saturated heterocycles. The largest absolute Gasteiger partial charge is 0.309 e. The topological polar surface area (TPSA) is 84.7 Å². The molecule has 0 radical (unpaired) electrons. The highest BCUT2D eigenvalue weighted by Gasteiger charge is 2.20. The lowest BCUT2D eigenvalue weighted by atomic mass is 10.1. The van der Waals surface area contributed by atoms with Gasteiger partial charge in [-0.15, -0.1) is 5.10 Å². The maximum absolute atomic E-state index is 13.1.